The molecule has 0 heterocycles. The summed E-state index contributed by atoms with van der Waals surface area (Å²) in [5.41, 5.74) is 4.32. The largest absolute Gasteiger partial charge is 0.481 e. The van der Waals surface area contributed by atoms with E-state index in [0.29, 0.717) is 19.4 Å². The zero-order chi connectivity index (χ0) is 21.2. The molecule has 0 radical (unpaired) electrons. The molecule has 0 spiro atoms. The summed E-state index contributed by atoms with van der Waals surface area (Å²) in [5, 5.41) is 9.05. The third-order valence-corrected chi connectivity index (χ3v) is 4.69. The van der Waals surface area contributed by atoms with Crippen LogP contribution >= 0.6 is 0 Å². The molecule has 1 atom stereocenters. The van der Waals surface area contributed by atoms with E-state index in [1.54, 1.807) is 0 Å². The number of aliphatic carboxylic acids is 1. The highest BCUT2D eigenvalue weighted by molar-refractivity contribution is 5.72. The van der Waals surface area contributed by atoms with Gasteiger partial charge in [0.25, 0.3) is 0 Å². The van der Waals surface area contributed by atoms with Crippen LogP contribution in [0, 0.1) is 11.8 Å². The molecule has 0 aromatic heterocycles. The first-order chi connectivity index (χ1) is 14.7. The van der Waals surface area contributed by atoms with Gasteiger partial charge in [-0.2, -0.15) is 0 Å². The summed E-state index contributed by atoms with van der Waals surface area (Å²) in [6.07, 6.45) is 0.132. The summed E-state index contributed by atoms with van der Waals surface area (Å²) < 4.78 is 10.7. The van der Waals surface area contributed by atoms with Crippen LogP contribution in [-0.4, -0.2) is 30.9 Å². The molecular weight excluding hydrogens is 376 g/mol. The molecule has 3 aromatic rings. The molecule has 0 aliphatic rings. The van der Waals surface area contributed by atoms with E-state index in [1.165, 1.54) is 12.7 Å². The number of carbonyl (C=O) groups is 1. The molecule has 3 aromatic carbocycles. The zero-order valence-electron chi connectivity index (χ0n) is 16.9. The monoisotopic (exact) mass is 400 g/mol. The van der Waals surface area contributed by atoms with E-state index in [2.05, 4.69) is 24.0 Å². The Hall–Kier alpha value is -3.55. The Kier molecular flexibility index (Phi) is 7.65. The van der Waals surface area contributed by atoms with Crippen LogP contribution in [0.5, 0.6) is 5.75 Å². The van der Waals surface area contributed by atoms with E-state index >= 15 is 0 Å². The maximum atomic E-state index is 11.0. The molecule has 0 aliphatic heterocycles. The number of hydrogen-bond donors (Lipinski definition) is 1. The van der Waals surface area contributed by atoms with Gasteiger partial charge in [-0.05, 0) is 34.4 Å². The van der Waals surface area contributed by atoms with Crippen LogP contribution in [0.1, 0.15) is 11.1 Å². The van der Waals surface area contributed by atoms with Gasteiger partial charge < -0.3 is 14.6 Å². The van der Waals surface area contributed by atoms with Gasteiger partial charge in [0.2, 0.25) is 0 Å². The lowest BCUT2D eigenvalue weighted by molar-refractivity contribution is -0.148. The Labute approximate surface area is 177 Å². The molecule has 3 rings (SSSR count). The summed E-state index contributed by atoms with van der Waals surface area (Å²) in [4.78, 5) is 11.0. The highest BCUT2D eigenvalue weighted by Crippen LogP contribution is 2.21. The normalized spacial score (nSPS) is 11.2. The van der Waals surface area contributed by atoms with Gasteiger partial charge in [-0.25, -0.2) is 4.79 Å². The van der Waals surface area contributed by atoms with Gasteiger partial charge in [-0.1, -0.05) is 78.6 Å². The molecule has 1 N–H and O–H groups in total. The van der Waals surface area contributed by atoms with Crippen LogP contribution < -0.4 is 4.74 Å². The minimum Gasteiger partial charge on any atom is -0.481 e. The van der Waals surface area contributed by atoms with E-state index in [-0.39, 0.29) is 0 Å². The van der Waals surface area contributed by atoms with Crippen LogP contribution in [0.4, 0.5) is 0 Å². The Bertz CT molecular complexity index is 997. The number of methoxy groups -OCH3 is 1. The first kappa shape index (κ1) is 21.2. The standard InChI is InChI=1S/C26H24O4/c1-29-25(26(27)28)19-21-12-10-20(11-13-21)7-5-6-18-30-24-16-14-23(15-17-24)22-8-3-2-4-9-22/h2-4,8-17,25H,7,18-19H2,1H3,(H,27,28). The number of benzene rings is 3. The first-order valence-corrected chi connectivity index (χ1v) is 9.73. The average Bonchev–Trinajstić information content (AvgIpc) is 2.79. The highest BCUT2D eigenvalue weighted by atomic mass is 16.5. The van der Waals surface area contributed by atoms with Crippen molar-refractivity contribution >= 4 is 5.97 Å². The zero-order valence-corrected chi connectivity index (χ0v) is 16.9. The number of rotatable bonds is 8. The number of ether oxygens (including phenoxy) is 2. The quantitative estimate of drug-likeness (QED) is 0.561. The van der Waals surface area contributed by atoms with Crippen LogP contribution in [-0.2, 0) is 22.4 Å². The molecule has 1 unspecified atom stereocenters. The summed E-state index contributed by atoms with van der Waals surface area (Å²) in [6.45, 7) is 0.330. The Morgan fingerprint density at radius 1 is 0.867 bits per heavy atom. The molecule has 0 saturated carbocycles. The van der Waals surface area contributed by atoms with Crippen LogP contribution in [0.15, 0.2) is 78.9 Å². The fourth-order valence-corrected chi connectivity index (χ4v) is 2.99. The lowest BCUT2D eigenvalue weighted by atomic mass is 10.0. The molecule has 4 nitrogen and oxygen atoms in total. The Morgan fingerprint density at radius 3 is 2.13 bits per heavy atom. The predicted octanol–water partition coefficient (Wildman–Crippen LogP) is 4.62. The van der Waals surface area contributed by atoms with Crippen LogP contribution in [0.2, 0.25) is 0 Å². The summed E-state index contributed by atoms with van der Waals surface area (Å²) in [5.74, 6) is 5.97. The molecule has 0 fully saturated rings. The van der Waals surface area contributed by atoms with Gasteiger partial charge in [0.05, 0.1) is 0 Å². The average molecular weight is 400 g/mol. The van der Waals surface area contributed by atoms with Crippen molar-refractivity contribution < 1.29 is 19.4 Å². The van der Waals surface area contributed by atoms with Gasteiger partial charge >= 0.3 is 5.97 Å². The molecule has 0 bridgehead atoms. The number of carboxylic acid groups (broad SMARTS) is 1. The fourth-order valence-electron chi connectivity index (χ4n) is 2.99. The van der Waals surface area contributed by atoms with Crippen molar-refractivity contribution in [1.82, 2.24) is 0 Å². The molecule has 4 heteroatoms. The lowest BCUT2D eigenvalue weighted by Crippen LogP contribution is -2.24. The third-order valence-electron chi connectivity index (χ3n) is 4.69. The van der Waals surface area contributed by atoms with Gasteiger partial charge in [-0.3, -0.25) is 0 Å². The number of hydrogen-bond acceptors (Lipinski definition) is 3. The first-order valence-electron chi connectivity index (χ1n) is 9.73. The maximum absolute atomic E-state index is 11.0. The predicted molar refractivity (Wildman–Crippen MR) is 117 cm³/mol. The van der Waals surface area contributed by atoms with Crippen LogP contribution in [0.3, 0.4) is 0 Å². The summed E-state index contributed by atoms with van der Waals surface area (Å²) in [6, 6.07) is 25.9. The summed E-state index contributed by atoms with van der Waals surface area (Å²) in [7, 11) is 1.41. The number of carboxylic acids is 1. The summed E-state index contributed by atoms with van der Waals surface area (Å²) >= 11 is 0. The second-order valence-corrected chi connectivity index (χ2v) is 6.79. The Morgan fingerprint density at radius 2 is 1.50 bits per heavy atom. The molecule has 0 aliphatic carbocycles. The van der Waals surface area contributed by atoms with Crippen molar-refractivity contribution in [2.75, 3.05) is 13.7 Å². The van der Waals surface area contributed by atoms with E-state index in [0.717, 1.165) is 22.4 Å². The molecule has 30 heavy (non-hydrogen) atoms. The van der Waals surface area contributed by atoms with Crippen molar-refractivity contribution in [2.45, 2.75) is 18.9 Å². The van der Waals surface area contributed by atoms with Crippen LogP contribution in [0.25, 0.3) is 11.1 Å². The van der Waals surface area contributed by atoms with Gasteiger partial charge in [0.1, 0.15) is 12.4 Å². The molecule has 0 saturated heterocycles. The van der Waals surface area contributed by atoms with Gasteiger partial charge in [0.15, 0.2) is 6.10 Å². The van der Waals surface area contributed by atoms with Crippen molar-refractivity contribution in [3.8, 4) is 28.7 Å². The van der Waals surface area contributed by atoms with Gasteiger partial charge in [-0.15, -0.1) is 0 Å². The second kappa shape index (κ2) is 10.8. The lowest BCUT2D eigenvalue weighted by Gasteiger charge is -2.10. The van der Waals surface area contributed by atoms with E-state index in [4.69, 9.17) is 14.6 Å². The smallest absolute Gasteiger partial charge is 0.333 e. The Balaban J connectivity index is 1.45. The van der Waals surface area contributed by atoms with E-state index in [9.17, 15) is 4.79 Å². The van der Waals surface area contributed by atoms with Crippen molar-refractivity contribution in [2.24, 2.45) is 0 Å². The SMILES string of the molecule is COC(Cc1ccc(CC#CCOc2ccc(-c3ccccc3)cc2)cc1)C(=O)O. The molecular formula is C26H24O4. The minimum absolute atomic E-state index is 0.330. The van der Waals surface area contributed by atoms with Crippen molar-refractivity contribution in [3.63, 3.8) is 0 Å². The highest BCUT2D eigenvalue weighted by Gasteiger charge is 2.16. The van der Waals surface area contributed by atoms with E-state index < -0.39 is 12.1 Å². The van der Waals surface area contributed by atoms with Gasteiger partial charge in [0, 0.05) is 20.0 Å². The molecule has 0 amide bonds. The maximum Gasteiger partial charge on any atom is 0.333 e. The minimum atomic E-state index is -0.956. The second-order valence-electron chi connectivity index (χ2n) is 6.79. The van der Waals surface area contributed by atoms with E-state index in [1.807, 2.05) is 66.7 Å². The van der Waals surface area contributed by atoms with Crippen molar-refractivity contribution in [3.05, 3.63) is 90.0 Å². The van der Waals surface area contributed by atoms with Crippen molar-refractivity contribution in [1.29, 1.82) is 0 Å². The third kappa shape index (κ3) is 6.23. The topological polar surface area (TPSA) is 55.8 Å². The molecule has 152 valence electrons. The fraction of sp³-hybridized carbons (Fsp3) is 0.192.